The third kappa shape index (κ3) is 1.81. The van der Waals surface area contributed by atoms with E-state index in [0.29, 0.717) is 6.29 Å². The van der Waals surface area contributed by atoms with Gasteiger partial charge in [-0.3, -0.25) is 9.59 Å². The van der Waals surface area contributed by atoms with Gasteiger partial charge >= 0.3 is 0 Å². The number of hydrogen-bond acceptors (Lipinski definition) is 3. The molecule has 0 N–H and O–H groups in total. The second-order valence-electron chi connectivity index (χ2n) is 2.71. The zero-order chi connectivity index (χ0) is 10.7. The van der Waals surface area contributed by atoms with E-state index >= 15 is 0 Å². The standard InChI is InChI=1S/C10H6ClNO2/c1-6(14)9-3-10(11)7(4-12)2-8(9)5-13/h2-3,5H,1H3. The van der Waals surface area contributed by atoms with Gasteiger partial charge in [0.05, 0.1) is 10.6 Å². The molecule has 3 nitrogen and oxygen atoms in total. The predicted molar refractivity (Wildman–Crippen MR) is 51.6 cm³/mol. The van der Waals surface area contributed by atoms with Gasteiger partial charge in [0.25, 0.3) is 0 Å². The Morgan fingerprint density at radius 1 is 1.57 bits per heavy atom. The van der Waals surface area contributed by atoms with Gasteiger partial charge in [-0.25, -0.2) is 0 Å². The molecule has 0 aromatic heterocycles. The van der Waals surface area contributed by atoms with Crippen molar-refractivity contribution in [3.05, 3.63) is 33.8 Å². The first-order chi connectivity index (χ1) is 6.60. The number of ketones is 1. The molecule has 0 fully saturated rings. The molecular formula is C10H6ClNO2. The van der Waals surface area contributed by atoms with Crippen LogP contribution in [0.5, 0.6) is 0 Å². The first-order valence-corrected chi connectivity index (χ1v) is 4.17. The molecule has 0 heterocycles. The summed E-state index contributed by atoms with van der Waals surface area (Å²) in [7, 11) is 0. The minimum Gasteiger partial charge on any atom is -0.298 e. The molecule has 0 saturated carbocycles. The summed E-state index contributed by atoms with van der Waals surface area (Å²) in [6, 6.07) is 4.49. The van der Waals surface area contributed by atoms with Crippen LogP contribution in [0.4, 0.5) is 0 Å². The molecule has 0 aliphatic rings. The highest BCUT2D eigenvalue weighted by Crippen LogP contribution is 2.20. The lowest BCUT2D eigenvalue weighted by atomic mass is 10.0. The molecule has 1 aromatic rings. The van der Waals surface area contributed by atoms with Crippen molar-refractivity contribution < 1.29 is 9.59 Å². The average molecular weight is 208 g/mol. The summed E-state index contributed by atoms with van der Waals surface area (Å²) in [5.74, 6) is -0.251. The molecule has 70 valence electrons. The predicted octanol–water partition coefficient (Wildman–Crippen LogP) is 2.23. The van der Waals surface area contributed by atoms with E-state index in [9.17, 15) is 9.59 Å². The number of halogens is 1. The number of carbonyl (C=O) groups excluding carboxylic acids is 2. The van der Waals surface area contributed by atoms with E-state index in [-0.39, 0.29) is 27.5 Å². The second kappa shape index (κ2) is 4.03. The van der Waals surface area contributed by atoms with Crippen LogP contribution in [-0.2, 0) is 0 Å². The van der Waals surface area contributed by atoms with E-state index in [1.165, 1.54) is 19.1 Å². The number of aldehydes is 1. The Morgan fingerprint density at radius 3 is 2.64 bits per heavy atom. The molecule has 4 heteroatoms. The maximum absolute atomic E-state index is 11.1. The van der Waals surface area contributed by atoms with Gasteiger partial charge in [-0.15, -0.1) is 0 Å². The number of nitrogens with zero attached hydrogens (tertiary/aromatic N) is 1. The summed E-state index contributed by atoms with van der Waals surface area (Å²) in [6.45, 7) is 1.34. The third-order valence-electron chi connectivity index (χ3n) is 1.77. The van der Waals surface area contributed by atoms with Crippen molar-refractivity contribution in [3.63, 3.8) is 0 Å². The van der Waals surface area contributed by atoms with Crippen molar-refractivity contribution in [2.75, 3.05) is 0 Å². The molecule has 1 rings (SSSR count). The second-order valence-corrected chi connectivity index (χ2v) is 3.11. The summed E-state index contributed by atoms with van der Waals surface area (Å²) in [6.07, 6.45) is 0.536. The summed E-state index contributed by atoms with van der Waals surface area (Å²) >= 11 is 5.71. The summed E-state index contributed by atoms with van der Waals surface area (Å²) in [5.41, 5.74) is 0.626. The van der Waals surface area contributed by atoms with Crippen LogP contribution in [0.15, 0.2) is 12.1 Å². The molecule has 0 unspecified atom stereocenters. The van der Waals surface area contributed by atoms with E-state index < -0.39 is 0 Å². The summed E-state index contributed by atoms with van der Waals surface area (Å²) in [5, 5.41) is 8.82. The van der Waals surface area contributed by atoms with E-state index in [1.54, 1.807) is 0 Å². The molecule has 0 saturated heterocycles. The topological polar surface area (TPSA) is 57.9 Å². The molecule has 0 atom stereocenters. The van der Waals surface area contributed by atoms with Gasteiger partial charge in [0.1, 0.15) is 6.07 Å². The Labute approximate surface area is 85.9 Å². The first-order valence-electron chi connectivity index (χ1n) is 3.80. The van der Waals surface area contributed by atoms with Crippen LogP contribution in [0.3, 0.4) is 0 Å². The van der Waals surface area contributed by atoms with Gasteiger partial charge in [0, 0.05) is 11.1 Å². The van der Waals surface area contributed by atoms with Crippen LogP contribution in [-0.4, -0.2) is 12.1 Å². The fourth-order valence-electron chi connectivity index (χ4n) is 1.08. The van der Waals surface area contributed by atoms with Gasteiger partial charge in [-0.1, -0.05) is 11.6 Å². The number of carbonyl (C=O) groups is 2. The third-order valence-corrected chi connectivity index (χ3v) is 2.08. The van der Waals surface area contributed by atoms with Gasteiger partial charge in [-0.2, -0.15) is 5.26 Å². The average Bonchev–Trinajstić information content (AvgIpc) is 2.17. The van der Waals surface area contributed by atoms with E-state index in [4.69, 9.17) is 16.9 Å². The van der Waals surface area contributed by atoms with Crippen LogP contribution in [0.25, 0.3) is 0 Å². The van der Waals surface area contributed by atoms with Gasteiger partial charge in [-0.05, 0) is 19.1 Å². The largest absolute Gasteiger partial charge is 0.298 e. The summed E-state index contributed by atoms with van der Waals surface area (Å²) < 4.78 is 0. The molecule has 0 spiro atoms. The van der Waals surface area contributed by atoms with Crippen LogP contribution >= 0.6 is 11.6 Å². The lowest BCUT2D eigenvalue weighted by Crippen LogP contribution is -1.99. The van der Waals surface area contributed by atoms with Crippen molar-refractivity contribution in [2.24, 2.45) is 0 Å². The molecule has 0 aliphatic carbocycles. The molecule has 0 aliphatic heterocycles. The normalized spacial score (nSPS) is 9.21. The minimum absolute atomic E-state index is 0.184. The Balaban J connectivity index is 3.48. The van der Waals surface area contributed by atoms with Crippen LogP contribution < -0.4 is 0 Å². The van der Waals surface area contributed by atoms with Crippen LogP contribution in [0.2, 0.25) is 5.02 Å². The molecular weight excluding hydrogens is 202 g/mol. The lowest BCUT2D eigenvalue weighted by molar-refractivity contribution is 0.101. The van der Waals surface area contributed by atoms with Crippen LogP contribution in [0, 0.1) is 11.3 Å². The summed E-state index contributed by atoms with van der Waals surface area (Å²) in [4.78, 5) is 21.7. The Hall–Kier alpha value is -1.66. The number of benzene rings is 1. The van der Waals surface area contributed by atoms with Gasteiger partial charge < -0.3 is 0 Å². The van der Waals surface area contributed by atoms with Crippen molar-refractivity contribution in [1.82, 2.24) is 0 Å². The Bertz CT molecular complexity index is 446. The quantitative estimate of drug-likeness (QED) is 0.552. The zero-order valence-corrected chi connectivity index (χ0v) is 8.13. The monoisotopic (exact) mass is 207 g/mol. The number of nitriles is 1. The van der Waals surface area contributed by atoms with Crippen molar-refractivity contribution in [1.29, 1.82) is 5.26 Å². The van der Waals surface area contributed by atoms with E-state index in [2.05, 4.69) is 0 Å². The minimum atomic E-state index is -0.251. The number of Topliss-reactive ketones (excluding diaryl/α,β-unsaturated/α-hetero) is 1. The highest BCUT2D eigenvalue weighted by Gasteiger charge is 2.10. The molecule has 1 aromatic carbocycles. The maximum Gasteiger partial charge on any atom is 0.160 e. The number of hydrogen-bond donors (Lipinski definition) is 0. The SMILES string of the molecule is CC(=O)c1cc(Cl)c(C#N)cc1C=O. The van der Waals surface area contributed by atoms with Crippen molar-refractivity contribution >= 4 is 23.7 Å². The molecule has 0 radical (unpaired) electrons. The molecule has 0 bridgehead atoms. The van der Waals surface area contributed by atoms with Crippen molar-refractivity contribution in [2.45, 2.75) is 6.92 Å². The first kappa shape index (κ1) is 10.4. The van der Waals surface area contributed by atoms with Gasteiger partial charge in [0.15, 0.2) is 12.1 Å². The lowest BCUT2D eigenvalue weighted by Gasteiger charge is -2.02. The highest BCUT2D eigenvalue weighted by atomic mass is 35.5. The van der Waals surface area contributed by atoms with Gasteiger partial charge in [0.2, 0.25) is 0 Å². The Morgan fingerprint density at radius 2 is 2.21 bits per heavy atom. The fraction of sp³-hybridized carbons (Fsp3) is 0.100. The molecule has 0 amide bonds. The highest BCUT2D eigenvalue weighted by molar-refractivity contribution is 6.32. The smallest absolute Gasteiger partial charge is 0.160 e. The Kier molecular flexibility index (Phi) is 3.00. The van der Waals surface area contributed by atoms with E-state index in [1.807, 2.05) is 6.07 Å². The van der Waals surface area contributed by atoms with Crippen molar-refractivity contribution in [3.8, 4) is 6.07 Å². The zero-order valence-electron chi connectivity index (χ0n) is 7.37. The number of rotatable bonds is 2. The van der Waals surface area contributed by atoms with E-state index in [0.717, 1.165) is 0 Å². The fourth-order valence-corrected chi connectivity index (χ4v) is 1.28. The maximum atomic E-state index is 11.1. The van der Waals surface area contributed by atoms with Crippen LogP contribution in [0.1, 0.15) is 33.2 Å². The molecule has 14 heavy (non-hydrogen) atoms.